The van der Waals surface area contributed by atoms with Crippen LogP contribution in [0.2, 0.25) is 10.0 Å². The van der Waals surface area contributed by atoms with Gasteiger partial charge in [0.1, 0.15) is 0 Å². The summed E-state index contributed by atoms with van der Waals surface area (Å²) in [6.07, 6.45) is 1.19. The number of piperidine rings is 1. The molecule has 2 heterocycles. The van der Waals surface area contributed by atoms with Crippen molar-refractivity contribution in [1.82, 2.24) is 14.7 Å². The molecule has 0 spiro atoms. The summed E-state index contributed by atoms with van der Waals surface area (Å²) in [6.45, 7) is 9.11. The number of nitrogens with zero attached hydrogens (tertiary/aromatic N) is 3. The number of benzene rings is 1. The number of carbonyl (C=O) groups excluding carboxylic acids is 2. The highest BCUT2D eigenvalue weighted by molar-refractivity contribution is 6.43. The third-order valence-electron chi connectivity index (χ3n) is 5.42. The van der Waals surface area contributed by atoms with E-state index in [0.29, 0.717) is 60.2 Å². The van der Waals surface area contributed by atoms with Gasteiger partial charge in [0.25, 0.3) is 5.91 Å². The Balaban J connectivity index is 1.52. The third kappa shape index (κ3) is 4.95. The Morgan fingerprint density at radius 3 is 2.26 bits per heavy atom. The number of amides is 2. The number of halogens is 2. The van der Waals surface area contributed by atoms with Crippen LogP contribution in [0.25, 0.3) is 0 Å². The number of likely N-dealkylation sites (tertiary alicyclic amines) is 1. The molecule has 3 rings (SSSR count). The average molecular weight is 412 g/mol. The highest BCUT2D eigenvalue weighted by atomic mass is 35.5. The maximum absolute atomic E-state index is 12.7. The van der Waals surface area contributed by atoms with Crippen molar-refractivity contribution in [3.63, 3.8) is 0 Å². The van der Waals surface area contributed by atoms with Crippen molar-refractivity contribution in [3.8, 4) is 0 Å². The van der Waals surface area contributed by atoms with Crippen LogP contribution < -0.4 is 0 Å². The van der Waals surface area contributed by atoms with Crippen LogP contribution in [0.5, 0.6) is 0 Å². The summed E-state index contributed by atoms with van der Waals surface area (Å²) in [5.41, 5.74) is 0.435. The van der Waals surface area contributed by atoms with Crippen molar-refractivity contribution in [1.29, 1.82) is 0 Å². The maximum Gasteiger partial charge on any atom is 0.255 e. The van der Waals surface area contributed by atoms with Gasteiger partial charge in [-0.05, 0) is 30.4 Å². The molecular formula is C20H27Cl2N3O2. The van der Waals surface area contributed by atoms with E-state index in [1.807, 2.05) is 4.90 Å². The molecule has 0 N–H and O–H groups in total. The lowest BCUT2D eigenvalue weighted by molar-refractivity contribution is -0.135. The van der Waals surface area contributed by atoms with E-state index in [-0.39, 0.29) is 11.8 Å². The largest absolute Gasteiger partial charge is 0.341 e. The molecule has 1 aromatic carbocycles. The van der Waals surface area contributed by atoms with E-state index in [9.17, 15) is 9.59 Å². The predicted octanol–water partition coefficient (Wildman–Crippen LogP) is 3.26. The molecule has 1 aromatic rings. The first-order valence-corrected chi connectivity index (χ1v) is 10.3. The highest BCUT2D eigenvalue weighted by Gasteiger charge is 2.29. The minimum absolute atomic E-state index is 0.104. The van der Waals surface area contributed by atoms with Crippen LogP contribution in [-0.2, 0) is 4.79 Å². The van der Waals surface area contributed by atoms with Gasteiger partial charge in [-0.1, -0.05) is 43.1 Å². The second-order valence-electron chi connectivity index (χ2n) is 7.91. The first-order chi connectivity index (χ1) is 12.8. The highest BCUT2D eigenvalue weighted by Crippen LogP contribution is 2.27. The summed E-state index contributed by atoms with van der Waals surface area (Å²) in [5, 5.41) is 0.687. The second-order valence-corrected chi connectivity index (χ2v) is 8.70. The monoisotopic (exact) mass is 411 g/mol. The van der Waals surface area contributed by atoms with Crippen LogP contribution in [0, 0.1) is 11.8 Å². The van der Waals surface area contributed by atoms with Crippen LogP contribution in [0.3, 0.4) is 0 Å². The van der Waals surface area contributed by atoms with Gasteiger partial charge in [-0.3, -0.25) is 14.5 Å². The van der Waals surface area contributed by atoms with Crippen molar-refractivity contribution in [2.24, 2.45) is 11.8 Å². The van der Waals surface area contributed by atoms with Crippen molar-refractivity contribution >= 4 is 35.0 Å². The molecule has 5 nitrogen and oxygen atoms in total. The standard InChI is InChI=1S/C20H27Cl2N3O2/c1-14-10-15(2)12-25(11-14)18(26)13-23-6-8-24(9-7-23)20(27)16-4-3-5-17(21)19(16)22/h3-5,14-15H,6-13H2,1-2H3. The molecule has 2 aliphatic heterocycles. The predicted molar refractivity (Wildman–Crippen MR) is 108 cm³/mol. The molecule has 0 bridgehead atoms. The van der Waals surface area contributed by atoms with E-state index < -0.39 is 0 Å². The molecule has 27 heavy (non-hydrogen) atoms. The molecule has 2 aliphatic rings. The van der Waals surface area contributed by atoms with Gasteiger partial charge < -0.3 is 9.80 Å². The summed E-state index contributed by atoms with van der Waals surface area (Å²) in [7, 11) is 0. The minimum Gasteiger partial charge on any atom is -0.341 e. The molecule has 2 unspecified atom stereocenters. The zero-order valence-corrected chi connectivity index (χ0v) is 17.5. The quantitative estimate of drug-likeness (QED) is 0.766. The molecule has 0 aliphatic carbocycles. The van der Waals surface area contributed by atoms with Crippen molar-refractivity contribution in [2.45, 2.75) is 20.3 Å². The van der Waals surface area contributed by atoms with Crippen LogP contribution in [0.15, 0.2) is 18.2 Å². The molecule has 148 valence electrons. The fourth-order valence-electron chi connectivity index (χ4n) is 4.11. The Hall–Kier alpha value is -1.30. The van der Waals surface area contributed by atoms with Gasteiger partial charge in [0.15, 0.2) is 0 Å². The summed E-state index contributed by atoms with van der Waals surface area (Å²) < 4.78 is 0. The Morgan fingerprint density at radius 1 is 1.00 bits per heavy atom. The zero-order chi connectivity index (χ0) is 19.6. The first-order valence-electron chi connectivity index (χ1n) is 9.58. The van der Waals surface area contributed by atoms with Crippen LogP contribution in [0.4, 0.5) is 0 Å². The third-order valence-corrected chi connectivity index (χ3v) is 6.24. The number of rotatable bonds is 3. The van der Waals surface area contributed by atoms with Crippen molar-refractivity contribution < 1.29 is 9.59 Å². The van der Waals surface area contributed by atoms with E-state index in [4.69, 9.17) is 23.2 Å². The summed E-state index contributed by atoms with van der Waals surface area (Å²) >= 11 is 12.2. The smallest absolute Gasteiger partial charge is 0.255 e. The number of piperazine rings is 1. The van der Waals surface area contributed by atoms with Crippen molar-refractivity contribution in [3.05, 3.63) is 33.8 Å². The van der Waals surface area contributed by atoms with E-state index in [0.717, 1.165) is 13.1 Å². The Bertz CT molecular complexity index is 694. The van der Waals surface area contributed by atoms with Crippen LogP contribution >= 0.6 is 23.2 Å². The number of hydrogen-bond acceptors (Lipinski definition) is 3. The minimum atomic E-state index is -0.104. The summed E-state index contributed by atoms with van der Waals surface area (Å²) in [5.74, 6) is 1.22. The Morgan fingerprint density at radius 2 is 1.63 bits per heavy atom. The van der Waals surface area contributed by atoms with Crippen LogP contribution in [0.1, 0.15) is 30.6 Å². The Labute approximate surface area is 171 Å². The SMILES string of the molecule is CC1CC(C)CN(C(=O)CN2CCN(C(=O)c3cccc(Cl)c3Cl)CC2)C1. The number of hydrogen-bond donors (Lipinski definition) is 0. The summed E-state index contributed by atoms with van der Waals surface area (Å²) in [6, 6.07) is 5.11. The molecule has 0 aromatic heterocycles. The van der Waals surface area contributed by atoms with Crippen LogP contribution in [-0.4, -0.2) is 72.3 Å². The van der Waals surface area contributed by atoms with E-state index in [1.165, 1.54) is 6.42 Å². The van der Waals surface area contributed by atoms with Gasteiger partial charge >= 0.3 is 0 Å². The molecule has 0 radical (unpaired) electrons. The lowest BCUT2D eigenvalue weighted by Crippen LogP contribution is -2.53. The molecule has 7 heteroatoms. The molecular weight excluding hydrogens is 385 g/mol. The topological polar surface area (TPSA) is 43.9 Å². The van der Waals surface area contributed by atoms with E-state index in [2.05, 4.69) is 18.7 Å². The van der Waals surface area contributed by atoms with Crippen molar-refractivity contribution in [2.75, 3.05) is 45.8 Å². The van der Waals surface area contributed by atoms with Gasteiger partial charge in [-0.25, -0.2) is 0 Å². The average Bonchev–Trinajstić information content (AvgIpc) is 2.63. The van der Waals surface area contributed by atoms with Gasteiger partial charge in [0.05, 0.1) is 22.2 Å². The first kappa shape index (κ1) is 20.4. The van der Waals surface area contributed by atoms with Gasteiger partial charge in [-0.2, -0.15) is 0 Å². The fourth-order valence-corrected chi connectivity index (χ4v) is 4.49. The fraction of sp³-hybridized carbons (Fsp3) is 0.600. The van der Waals surface area contributed by atoms with E-state index in [1.54, 1.807) is 23.1 Å². The van der Waals surface area contributed by atoms with Gasteiger partial charge in [-0.15, -0.1) is 0 Å². The Kier molecular flexibility index (Phi) is 6.66. The second kappa shape index (κ2) is 8.80. The molecule has 2 fully saturated rings. The van der Waals surface area contributed by atoms with Gasteiger partial charge in [0.2, 0.25) is 5.91 Å². The van der Waals surface area contributed by atoms with Gasteiger partial charge in [0, 0.05) is 39.3 Å². The maximum atomic E-state index is 12.7. The molecule has 0 saturated carbocycles. The lowest BCUT2D eigenvalue weighted by Gasteiger charge is -2.38. The zero-order valence-electron chi connectivity index (χ0n) is 16.0. The van der Waals surface area contributed by atoms with E-state index >= 15 is 0 Å². The number of carbonyl (C=O) groups is 2. The summed E-state index contributed by atoms with van der Waals surface area (Å²) in [4.78, 5) is 31.3. The molecule has 2 saturated heterocycles. The normalized spacial score (nSPS) is 24.1. The lowest BCUT2D eigenvalue weighted by atomic mass is 9.92. The molecule has 2 amide bonds. The molecule has 2 atom stereocenters.